The lowest BCUT2D eigenvalue weighted by molar-refractivity contribution is -0.143. The van der Waals surface area contributed by atoms with E-state index in [9.17, 15) is 9.90 Å². The molecule has 1 aromatic carbocycles. The number of aliphatic carboxylic acids is 1. The van der Waals surface area contributed by atoms with Gasteiger partial charge in [-0.25, -0.2) is 0 Å². The predicted molar refractivity (Wildman–Crippen MR) is 94.9 cm³/mol. The van der Waals surface area contributed by atoms with Gasteiger partial charge >= 0.3 is 5.97 Å². The summed E-state index contributed by atoms with van der Waals surface area (Å²) in [6.07, 6.45) is 3.25. The number of anilines is 1. The molecule has 1 aromatic heterocycles. The molecule has 1 unspecified atom stereocenters. The third kappa shape index (κ3) is 3.64. The SMILES string of the molecule is O=C(O)C(c1cccnc1)N1CCN(c2ccc(Cl)cc2Cl)CC1. The lowest BCUT2D eigenvalue weighted by Crippen LogP contribution is -2.49. The Bertz CT molecular complexity index is 719. The van der Waals surface area contributed by atoms with Crippen molar-refractivity contribution in [3.8, 4) is 0 Å². The van der Waals surface area contributed by atoms with Crippen LogP contribution in [0.3, 0.4) is 0 Å². The lowest BCUT2D eigenvalue weighted by atomic mass is 10.1. The monoisotopic (exact) mass is 365 g/mol. The van der Waals surface area contributed by atoms with Gasteiger partial charge in [-0.3, -0.25) is 14.7 Å². The van der Waals surface area contributed by atoms with Gasteiger partial charge in [0.05, 0.1) is 10.7 Å². The van der Waals surface area contributed by atoms with Gasteiger partial charge in [-0.15, -0.1) is 0 Å². The standard InChI is InChI=1S/C17H17Cl2N3O2/c18-13-3-4-15(14(19)10-13)21-6-8-22(9-7-21)16(17(23)24)12-2-1-5-20-11-12/h1-5,10-11,16H,6-9H2,(H,23,24). The number of hydrogen-bond donors (Lipinski definition) is 1. The smallest absolute Gasteiger partial charge is 0.325 e. The van der Waals surface area contributed by atoms with E-state index in [1.165, 1.54) is 0 Å². The van der Waals surface area contributed by atoms with Crippen LogP contribution in [0.4, 0.5) is 5.69 Å². The molecular weight excluding hydrogens is 349 g/mol. The number of carboxylic acids is 1. The molecule has 24 heavy (non-hydrogen) atoms. The fourth-order valence-corrected chi connectivity index (χ4v) is 3.53. The van der Waals surface area contributed by atoms with Crippen molar-refractivity contribution in [3.05, 3.63) is 58.3 Å². The molecule has 7 heteroatoms. The first kappa shape index (κ1) is 17.0. The van der Waals surface area contributed by atoms with Crippen LogP contribution in [-0.2, 0) is 4.79 Å². The fraction of sp³-hybridized carbons (Fsp3) is 0.294. The first-order valence-electron chi connectivity index (χ1n) is 7.63. The second-order valence-electron chi connectivity index (χ2n) is 5.65. The minimum atomic E-state index is -0.860. The van der Waals surface area contributed by atoms with Crippen molar-refractivity contribution in [2.45, 2.75) is 6.04 Å². The van der Waals surface area contributed by atoms with Gasteiger partial charge < -0.3 is 10.0 Å². The minimum absolute atomic E-state index is 0.602. The van der Waals surface area contributed by atoms with E-state index in [-0.39, 0.29) is 0 Å². The number of rotatable bonds is 4. The van der Waals surface area contributed by atoms with Crippen LogP contribution in [0.15, 0.2) is 42.7 Å². The van der Waals surface area contributed by atoms with E-state index in [4.69, 9.17) is 23.2 Å². The second-order valence-corrected chi connectivity index (χ2v) is 6.49. The van der Waals surface area contributed by atoms with Crippen LogP contribution in [0.2, 0.25) is 10.0 Å². The predicted octanol–water partition coefficient (Wildman–Crippen LogP) is 3.34. The molecule has 0 bridgehead atoms. The summed E-state index contributed by atoms with van der Waals surface area (Å²) < 4.78 is 0. The number of aromatic nitrogens is 1. The highest BCUT2D eigenvalue weighted by Crippen LogP contribution is 2.30. The molecular formula is C17H17Cl2N3O2. The van der Waals surface area contributed by atoms with Gasteiger partial charge in [0.25, 0.3) is 0 Å². The normalized spacial score (nSPS) is 16.8. The molecule has 5 nitrogen and oxygen atoms in total. The zero-order valence-electron chi connectivity index (χ0n) is 12.9. The largest absolute Gasteiger partial charge is 0.480 e. The van der Waals surface area contributed by atoms with Crippen molar-refractivity contribution in [1.29, 1.82) is 0 Å². The summed E-state index contributed by atoms with van der Waals surface area (Å²) in [4.78, 5) is 19.9. The van der Waals surface area contributed by atoms with E-state index < -0.39 is 12.0 Å². The lowest BCUT2D eigenvalue weighted by Gasteiger charge is -2.39. The molecule has 126 valence electrons. The van der Waals surface area contributed by atoms with Crippen LogP contribution in [0, 0.1) is 0 Å². The Morgan fingerprint density at radius 1 is 1.17 bits per heavy atom. The third-order valence-corrected chi connectivity index (χ3v) is 4.70. The number of halogens is 2. The van der Waals surface area contributed by atoms with E-state index in [1.807, 2.05) is 17.0 Å². The van der Waals surface area contributed by atoms with E-state index in [0.717, 1.165) is 5.69 Å². The molecule has 1 atom stereocenters. The van der Waals surface area contributed by atoms with Crippen molar-refractivity contribution in [2.75, 3.05) is 31.1 Å². The Balaban J connectivity index is 1.72. The number of benzene rings is 1. The highest BCUT2D eigenvalue weighted by molar-refractivity contribution is 6.36. The number of carbonyl (C=O) groups is 1. The fourth-order valence-electron chi connectivity index (χ4n) is 3.01. The van der Waals surface area contributed by atoms with Crippen LogP contribution in [-0.4, -0.2) is 47.1 Å². The Hall–Kier alpha value is -1.82. The van der Waals surface area contributed by atoms with Crippen LogP contribution in [0.5, 0.6) is 0 Å². The van der Waals surface area contributed by atoms with Crippen molar-refractivity contribution < 1.29 is 9.90 Å². The molecule has 1 N–H and O–H groups in total. The number of nitrogens with zero attached hydrogens (tertiary/aromatic N) is 3. The summed E-state index contributed by atoms with van der Waals surface area (Å²) in [5.74, 6) is -0.860. The molecule has 1 aliphatic heterocycles. The van der Waals surface area contributed by atoms with Gasteiger partial charge in [0, 0.05) is 43.6 Å². The van der Waals surface area contributed by atoms with Gasteiger partial charge in [0.15, 0.2) is 0 Å². The maximum absolute atomic E-state index is 11.7. The van der Waals surface area contributed by atoms with Crippen molar-refractivity contribution in [1.82, 2.24) is 9.88 Å². The van der Waals surface area contributed by atoms with Gasteiger partial charge in [0.1, 0.15) is 6.04 Å². The van der Waals surface area contributed by atoms with Gasteiger partial charge in [-0.2, -0.15) is 0 Å². The van der Waals surface area contributed by atoms with Gasteiger partial charge in [-0.1, -0.05) is 29.3 Å². The molecule has 0 spiro atoms. The quantitative estimate of drug-likeness (QED) is 0.900. The molecule has 0 radical (unpaired) electrons. The highest BCUT2D eigenvalue weighted by Gasteiger charge is 2.30. The molecule has 1 fully saturated rings. The van der Waals surface area contributed by atoms with E-state index in [2.05, 4.69) is 9.88 Å². The average Bonchev–Trinajstić information content (AvgIpc) is 2.57. The molecule has 3 rings (SSSR count). The van der Waals surface area contributed by atoms with E-state index in [1.54, 1.807) is 30.6 Å². The molecule has 1 aliphatic rings. The zero-order valence-corrected chi connectivity index (χ0v) is 14.4. The molecule has 0 amide bonds. The van der Waals surface area contributed by atoms with E-state index in [0.29, 0.717) is 41.8 Å². The Labute approximate surface area is 150 Å². The zero-order chi connectivity index (χ0) is 17.1. The number of carboxylic acid groups (broad SMARTS) is 1. The van der Waals surface area contributed by atoms with Crippen LogP contribution >= 0.6 is 23.2 Å². The summed E-state index contributed by atoms with van der Waals surface area (Å²) in [5, 5.41) is 10.8. The summed E-state index contributed by atoms with van der Waals surface area (Å²) >= 11 is 12.2. The molecule has 2 heterocycles. The molecule has 2 aromatic rings. The van der Waals surface area contributed by atoms with E-state index >= 15 is 0 Å². The molecule has 1 saturated heterocycles. The third-order valence-electron chi connectivity index (χ3n) is 4.16. The van der Waals surface area contributed by atoms with Crippen LogP contribution in [0.1, 0.15) is 11.6 Å². The Kier molecular flexibility index (Phi) is 5.23. The highest BCUT2D eigenvalue weighted by atomic mass is 35.5. The number of pyridine rings is 1. The molecule has 0 aliphatic carbocycles. The second kappa shape index (κ2) is 7.38. The first-order chi connectivity index (χ1) is 11.6. The summed E-state index contributed by atoms with van der Waals surface area (Å²) in [7, 11) is 0. The van der Waals surface area contributed by atoms with Crippen molar-refractivity contribution in [2.24, 2.45) is 0 Å². The summed E-state index contributed by atoms with van der Waals surface area (Å²) in [5.41, 5.74) is 1.62. The van der Waals surface area contributed by atoms with Crippen molar-refractivity contribution >= 4 is 34.9 Å². The maximum atomic E-state index is 11.7. The van der Waals surface area contributed by atoms with Crippen molar-refractivity contribution in [3.63, 3.8) is 0 Å². The minimum Gasteiger partial charge on any atom is -0.480 e. The summed E-state index contributed by atoms with van der Waals surface area (Å²) in [6.45, 7) is 2.66. The van der Waals surface area contributed by atoms with Gasteiger partial charge in [-0.05, 0) is 29.8 Å². The molecule has 0 saturated carbocycles. The maximum Gasteiger partial charge on any atom is 0.325 e. The van der Waals surface area contributed by atoms with Gasteiger partial charge in [0.2, 0.25) is 0 Å². The Morgan fingerprint density at radius 3 is 2.50 bits per heavy atom. The number of piperazine rings is 1. The van der Waals surface area contributed by atoms with Crippen LogP contribution < -0.4 is 4.90 Å². The topological polar surface area (TPSA) is 56.7 Å². The number of hydrogen-bond acceptors (Lipinski definition) is 4. The summed E-state index contributed by atoms with van der Waals surface area (Å²) in [6, 6.07) is 8.31. The Morgan fingerprint density at radius 2 is 1.92 bits per heavy atom. The first-order valence-corrected chi connectivity index (χ1v) is 8.38. The average molecular weight is 366 g/mol. The van der Waals surface area contributed by atoms with Crippen LogP contribution in [0.25, 0.3) is 0 Å².